The number of fused-ring (bicyclic) bond motifs is 2. The Morgan fingerprint density at radius 2 is 1.35 bits per heavy atom. The third-order valence-corrected chi connectivity index (χ3v) is 10.3. The monoisotopic (exact) mass is 706 g/mol. The van der Waals surface area contributed by atoms with Crippen LogP contribution in [0.25, 0.3) is 33.2 Å². The van der Waals surface area contributed by atoms with Gasteiger partial charge >= 0.3 is 17.9 Å². The van der Waals surface area contributed by atoms with Crippen molar-refractivity contribution in [2.75, 3.05) is 13.1 Å². The van der Waals surface area contributed by atoms with Crippen LogP contribution in [0.3, 0.4) is 0 Å². The molecule has 0 aliphatic carbocycles. The van der Waals surface area contributed by atoms with E-state index >= 15 is 4.39 Å². The summed E-state index contributed by atoms with van der Waals surface area (Å²) in [7, 11) is 0. The van der Waals surface area contributed by atoms with E-state index in [9.17, 15) is 18.8 Å². The number of rotatable bonds is 9. The Hall–Kier alpha value is -4.33. The summed E-state index contributed by atoms with van der Waals surface area (Å²) in [6.07, 6.45) is -0.544. The number of H-pyrrole nitrogens is 1. The lowest BCUT2D eigenvalue weighted by molar-refractivity contribution is -0.258. The predicted molar refractivity (Wildman–Crippen MR) is 185 cm³/mol. The zero-order chi connectivity index (χ0) is 36.0. The van der Waals surface area contributed by atoms with E-state index in [4.69, 9.17) is 18.9 Å². The van der Waals surface area contributed by atoms with Gasteiger partial charge in [0.05, 0.1) is 23.0 Å². The highest BCUT2D eigenvalue weighted by Gasteiger charge is 2.52. The summed E-state index contributed by atoms with van der Waals surface area (Å²) in [4.78, 5) is 41.1. The number of hydrogen-bond donors (Lipinski definition) is 3. The van der Waals surface area contributed by atoms with Gasteiger partial charge in [-0.1, -0.05) is 0 Å². The van der Waals surface area contributed by atoms with Gasteiger partial charge in [0.1, 0.15) is 11.6 Å². The van der Waals surface area contributed by atoms with E-state index in [1.165, 1.54) is 45.0 Å². The average molecular weight is 707 g/mol. The number of benzene rings is 2. The van der Waals surface area contributed by atoms with E-state index in [0.29, 0.717) is 35.3 Å². The fourth-order valence-corrected chi connectivity index (χ4v) is 8.29. The maximum Gasteiger partial charge on any atom is 0.303 e. The van der Waals surface area contributed by atoms with Crippen LogP contribution in [0.4, 0.5) is 8.78 Å². The molecule has 7 rings (SSSR count). The second-order valence-electron chi connectivity index (χ2n) is 14.0. The number of nitrogens with zero attached hydrogens (tertiary/aromatic N) is 1. The van der Waals surface area contributed by atoms with Crippen LogP contribution in [0, 0.1) is 11.6 Å². The van der Waals surface area contributed by atoms with Gasteiger partial charge in [-0.2, -0.15) is 0 Å². The highest BCUT2D eigenvalue weighted by Crippen LogP contribution is 2.45. The Morgan fingerprint density at radius 1 is 0.784 bits per heavy atom. The van der Waals surface area contributed by atoms with Gasteiger partial charge < -0.3 is 39.1 Å². The number of nitrogens with one attached hydrogen (secondary N) is 3. The molecule has 11 nitrogen and oxygen atoms in total. The summed E-state index contributed by atoms with van der Waals surface area (Å²) in [6.45, 7) is 7.12. The molecule has 0 unspecified atom stereocenters. The molecule has 0 saturated carbocycles. The van der Waals surface area contributed by atoms with E-state index in [2.05, 4.69) is 15.6 Å². The molecule has 7 atom stereocenters. The number of esters is 3. The molecular weight excluding hydrogens is 662 g/mol. The van der Waals surface area contributed by atoms with Gasteiger partial charge in [-0.05, 0) is 106 Å². The Kier molecular flexibility index (Phi) is 9.88. The van der Waals surface area contributed by atoms with Crippen LogP contribution in [-0.2, 0) is 46.2 Å². The Bertz CT molecular complexity index is 1960. The van der Waals surface area contributed by atoms with Crippen molar-refractivity contribution in [3.05, 3.63) is 59.2 Å². The topological polar surface area (TPSA) is 133 Å². The van der Waals surface area contributed by atoms with Crippen molar-refractivity contribution in [2.45, 2.75) is 109 Å². The highest BCUT2D eigenvalue weighted by atomic mass is 19.1. The zero-order valence-electron chi connectivity index (χ0n) is 29.2. The van der Waals surface area contributed by atoms with Crippen LogP contribution in [0.2, 0.25) is 0 Å². The van der Waals surface area contributed by atoms with E-state index in [1.807, 2.05) is 4.57 Å². The van der Waals surface area contributed by atoms with Crippen molar-refractivity contribution in [1.29, 1.82) is 0 Å². The minimum atomic E-state index is -1.32. The first-order chi connectivity index (χ1) is 24.5. The van der Waals surface area contributed by atoms with Crippen LogP contribution >= 0.6 is 0 Å². The van der Waals surface area contributed by atoms with Crippen LogP contribution in [0.1, 0.15) is 70.7 Å². The molecule has 0 amide bonds. The number of carbonyl (C=O) groups excluding carboxylic acids is 3. The van der Waals surface area contributed by atoms with E-state index < -0.39 is 54.4 Å². The predicted octanol–water partition coefficient (Wildman–Crippen LogP) is 5.37. The number of halogens is 2. The highest BCUT2D eigenvalue weighted by molar-refractivity contribution is 5.97. The lowest BCUT2D eigenvalue weighted by Crippen LogP contribution is -2.58. The summed E-state index contributed by atoms with van der Waals surface area (Å²) in [5.41, 5.74) is 4.30. The molecule has 3 aliphatic rings. The second kappa shape index (κ2) is 14.4. The summed E-state index contributed by atoms with van der Waals surface area (Å²) in [5.74, 6) is -2.88. The summed E-state index contributed by atoms with van der Waals surface area (Å²) >= 11 is 0. The maximum absolute atomic E-state index is 15.4. The Balaban J connectivity index is 1.53. The first-order valence-corrected chi connectivity index (χ1v) is 17.7. The maximum atomic E-state index is 15.4. The van der Waals surface area contributed by atoms with E-state index in [0.717, 1.165) is 60.7 Å². The van der Waals surface area contributed by atoms with Gasteiger partial charge in [-0.3, -0.25) is 14.4 Å². The molecule has 0 radical (unpaired) electrons. The summed E-state index contributed by atoms with van der Waals surface area (Å²) in [5, 5.41) is 8.80. The minimum absolute atomic E-state index is 0.132. The lowest BCUT2D eigenvalue weighted by Gasteiger charge is -2.44. The quantitative estimate of drug-likeness (QED) is 0.155. The van der Waals surface area contributed by atoms with Crippen molar-refractivity contribution in [2.24, 2.45) is 0 Å². The molecule has 2 aromatic heterocycles. The van der Waals surface area contributed by atoms with Crippen molar-refractivity contribution < 1.29 is 42.1 Å². The first kappa shape index (κ1) is 35.1. The lowest BCUT2D eigenvalue weighted by atomic mass is 9.95. The Labute approximate surface area is 294 Å². The molecule has 0 bridgehead atoms. The first-order valence-electron chi connectivity index (χ1n) is 17.7. The van der Waals surface area contributed by atoms with Gasteiger partial charge in [0, 0.05) is 49.1 Å². The molecule has 2 aromatic carbocycles. The van der Waals surface area contributed by atoms with Gasteiger partial charge in [0.15, 0.2) is 24.5 Å². The SMILES string of the molecule is CC(=O)O[C@@H]1[C@H](OC(C)=O)[C@H](C)O[C@H](n2c(-c3[nH]c4cc(F)ccc4c3C[C@@H]3CCCN3)c(C[C@@H]3CCCN3)c3ccc(F)cc32)[C@H]1OC(C)=O. The van der Waals surface area contributed by atoms with Gasteiger partial charge in [0.2, 0.25) is 0 Å². The van der Waals surface area contributed by atoms with Crippen molar-refractivity contribution in [3.63, 3.8) is 0 Å². The molecule has 51 heavy (non-hydrogen) atoms. The molecular formula is C38H44F2N4O7. The molecule has 0 spiro atoms. The number of hydrogen-bond acceptors (Lipinski definition) is 9. The molecule has 5 heterocycles. The Morgan fingerprint density at radius 3 is 1.96 bits per heavy atom. The smallest absolute Gasteiger partial charge is 0.303 e. The summed E-state index contributed by atoms with van der Waals surface area (Å²) in [6, 6.07) is 9.58. The zero-order valence-corrected chi connectivity index (χ0v) is 29.2. The third kappa shape index (κ3) is 6.98. The van der Waals surface area contributed by atoms with E-state index in [1.54, 1.807) is 19.1 Å². The standard InChI is InChI=1S/C38H44F2N4O7/c1-19-35(49-20(2)45)36(50-21(3)46)37(51-22(4)47)38(48-19)44-32-16-24(40)10-12-28(32)30(18-26-8-6-14-42-26)34(44)33-29(17-25-7-5-13-41-25)27-11-9-23(39)15-31(27)43-33/h9-12,15-16,19,25-26,35-38,41-43H,5-8,13-14,17-18H2,1-4H3/t19-,25-,26-,35+,36+,37-,38-/m0/s1. The van der Waals surface area contributed by atoms with Gasteiger partial charge in [-0.25, -0.2) is 8.78 Å². The fraction of sp³-hybridized carbons (Fsp3) is 0.500. The fourth-order valence-electron chi connectivity index (χ4n) is 8.29. The van der Waals surface area contributed by atoms with Gasteiger partial charge in [0.25, 0.3) is 0 Å². The van der Waals surface area contributed by atoms with Crippen LogP contribution in [-0.4, -0.2) is 77.0 Å². The molecule has 13 heteroatoms. The summed E-state index contributed by atoms with van der Waals surface area (Å²) < 4.78 is 56.0. The van der Waals surface area contributed by atoms with Crippen molar-refractivity contribution in [1.82, 2.24) is 20.2 Å². The van der Waals surface area contributed by atoms with Crippen LogP contribution in [0.15, 0.2) is 36.4 Å². The molecule has 3 saturated heterocycles. The van der Waals surface area contributed by atoms with Crippen LogP contribution < -0.4 is 10.6 Å². The minimum Gasteiger partial charge on any atom is -0.456 e. The van der Waals surface area contributed by atoms with E-state index in [-0.39, 0.29) is 17.9 Å². The molecule has 4 aromatic rings. The number of carbonyl (C=O) groups is 3. The second-order valence-corrected chi connectivity index (χ2v) is 14.0. The molecule has 272 valence electrons. The normalized spacial score (nSPS) is 26.5. The van der Waals surface area contributed by atoms with Crippen molar-refractivity contribution in [3.8, 4) is 11.4 Å². The van der Waals surface area contributed by atoms with Crippen LogP contribution in [0.5, 0.6) is 0 Å². The molecule has 3 N–H and O–H groups in total. The number of aromatic nitrogens is 2. The third-order valence-electron chi connectivity index (χ3n) is 10.3. The molecule has 3 fully saturated rings. The van der Waals surface area contributed by atoms with Gasteiger partial charge in [-0.15, -0.1) is 0 Å². The number of aromatic amines is 1. The van der Waals surface area contributed by atoms with Crippen molar-refractivity contribution >= 4 is 39.7 Å². The average Bonchev–Trinajstić information content (AvgIpc) is 3.88. The largest absolute Gasteiger partial charge is 0.456 e. The number of ether oxygens (including phenoxy) is 4. The molecule has 3 aliphatic heterocycles.